The van der Waals surface area contributed by atoms with E-state index in [-0.39, 0.29) is 17.3 Å². The third-order valence-corrected chi connectivity index (χ3v) is 9.97. The lowest BCUT2D eigenvalue weighted by Crippen LogP contribution is -2.66. The van der Waals surface area contributed by atoms with Crippen LogP contribution in [-0.2, 0) is 4.43 Å². The molecule has 0 saturated carbocycles. The Morgan fingerprint density at radius 2 is 1.55 bits per heavy atom. The van der Waals surface area contributed by atoms with E-state index in [1.165, 1.54) is 16.6 Å². The Kier molecular flexibility index (Phi) is 6.19. The molecule has 0 aliphatic rings. The van der Waals surface area contributed by atoms with Crippen molar-refractivity contribution in [2.45, 2.75) is 25.8 Å². The molecule has 0 aliphatic carbocycles. The highest BCUT2D eigenvalue weighted by molar-refractivity contribution is 6.99. The summed E-state index contributed by atoms with van der Waals surface area (Å²) in [6.07, 6.45) is 1.45. The highest BCUT2D eigenvalue weighted by Gasteiger charge is 2.50. The lowest BCUT2D eigenvalue weighted by molar-refractivity contribution is 0.0990. The van der Waals surface area contributed by atoms with Gasteiger partial charge in [0.2, 0.25) is 0 Å². The predicted molar refractivity (Wildman–Crippen MR) is 116 cm³/mol. The third-order valence-electron chi connectivity index (χ3n) is 4.93. The van der Waals surface area contributed by atoms with Crippen molar-refractivity contribution in [3.63, 3.8) is 0 Å². The van der Waals surface area contributed by atoms with Gasteiger partial charge in [0.1, 0.15) is 6.61 Å². The van der Waals surface area contributed by atoms with Crippen LogP contribution in [0.5, 0.6) is 5.75 Å². The van der Waals surface area contributed by atoms with Gasteiger partial charge >= 0.3 is 0 Å². The molecule has 0 radical (unpaired) electrons. The van der Waals surface area contributed by atoms with Crippen LogP contribution in [0.3, 0.4) is 0 Å². The van der Waals surface area contributed by atoms with Gasteiger partial charge in [-0.2, -0.15) is 5.10 Å². The first-order valence-electron chi connectivity index (χ1n) is 9.57. The smallest absolute Gasteiger partial charge is 0.270 e. The lowest BCUT2D eigenvalue weighted by atomic mass is 10.2. The van der Waals surface area contributed by atoms with E-state index >= 15 is 0 Å². The number of aromatic nitrogens is 2. The van der Waals surface area contributed by atoms with Gasteiger partial charge in [0, 0.05) is 0 Å². The summed E-state index contributed by atoms with van der Waals surface area (Å²) in [5.41, 5.74) is 5.49. The van der Waals surface area contributed by atoms with E-state index in [2.05, 4.69) is 79.5 Å². The van der Waals surface area contributed by atoms with Gasteiger partial charge in [-0.15, -0.1) is 0 Å². The molecule has 0 spiro atoms. The average Bonchev–Trinajstić information content (AvgIpc) is 3.17. The van der Waals surface area contributed by atoms with Gasteiger partial charge in [-0.05, 0) is 15.4 Å². The van der Waals surface area contributed by atoms with Gasteiger partial charge in [0.05, 0.1) is 12.8 Å². The fourth-order valence-electron chi connectivity index (χ4n) is 3.67. The molecule has 0 atom stereocenters. The van der Waals surface area contributed by atoms with Crippen LogP contribution in [-0.4, -0.2) is 37.6 Å². The fourth-order valence-corrected chi connectivity index (χ4v) is 8.21. The molecule has 1 amide bonds. The van der Waals surface area contributed by atoms with E-state index in [0.29, 0.717) is 12.4 Å². The van der Waals surface area contributed by atoms with Gasteiger partial charge in [-0.1, -0.05) is 81.4 Å². The summed E-state index contributed by atoms with van der Waals surface area (Å²) in [7, 11) is -2.60. The van der Waals surface area contributed by atoms with Crippen LogP contribution >= 0.6 is 0 Å². The molecule has 3 N–H and O–H groups in total. The summed E-state index contributed by atoms with van der Waals surface area (Å²) < 4.78 is 12.5. The molecule has 0 unspecified atom stereocenters. The molecular formula is C22H27N3O3Si. The highest BCUT2D eigenvalue weighted by atomic mass is 28.4. The number of H-pyrrole nitrogens is 1. The lowest BCUT2D eigenvalue weighted by Gasteiger charge is -2.43. The molecule has 3 aromatic rings. The SMILES string of the molecule is CC(C)(C)[Si](OCCOc1cn[nH]c1C(N)=O)(c1ccccc1)c1ccccc1. The average molecular weight is 410 g/mol. The number of aromatic amines is 1. The zero-order valence-corrected chi connectivity index (χ0v) is 18.0. The Morgan fingerprint density at radius 3 is 2.03 bits per heavy atom. The van der Waals surface area contributed by atoms with Gasteiger partial charge in [-0.3, -0.25) is 9.89 Å². The van der Waals surface area contributed by atoms with Crippen LogP contribution in [0.4, 0.5) is 0 Å². The van der Waals surface area contributed by atoms with Crippen molar-refractivity contribution in [3.05, 3.63) is 72.6 Å². The molecule has 3 rings (SSSR count). The third kappa shape index (κ3) is 4.25. The standard InChI is InChI=1S/C22H27N3O3Si/c1-22(2,3)29(17-10-6-4-7-11-17,18-12-8-5-9-13-18)28-15-14-27-19-16-24-25-20(19)21(23)26/h4-13,16H,14-15H2,1-3H3,(H2,23,26)(H,24,25). The van der Waals surface area contributed by atoms with Crippen molar-refractivity contribution in [2.75, 3.05) is 13.2 Å². The monoisotopic (exact) mass is 409 g/mol. The van der Waals surface area contributed by atoms with Crippen LogP contribution in [0, 0.1) is 0 Å². The molecule has 152 valence electrons. The first-order chi connectivity index (χ1) is 13.9. The Balaban J connectivity index is 1.88. The number of nitrogens with zero attached hydrogens (tertiary/aromatic N) is 1. The molecular weight excluding hydrogens is 382 g/mol. The maximum absolute atomic E-state index is 11.4. The minimum absolute atomic E-state index is 0.107. The maximum atomic E-state index is 11.4. The molecule has 0 bridgehead atoms. The number of carbonyl (C=O) groups excluding carboxylic acids is 1. The Hall–Kier alpha value is -2.90. The molecule has 0 aliphatic heterocycles. The van der Waals surface area contributed by atoms with E-state index in [1.54, 1.807) is 0 Å². The van der Waals surface area contributed by atoms with Crippen molar-refractivity contribution in [1.29, 1.82) is 0 Å². The number of hydrogen-bond donors (Lipinski definition) is 2. The van der Waals surface area contributed by atoms with Crippen LogP contribution in [0.1, 0.15) is 31.3 Å². The number of carbonyl (C=O) groups is 1. The van der Waals surface area contributed by atoms with Crippen molar-refractivity contribution < 1.29 is 14.0 Å². The molecule has 1 heterocycles. The van der Waals surface area contributed by atoms with Crippen LogP contribution in [0.2, 0.25) is 5.04 Å². The van der Waals surface area contributed by atoms with Crippen molar-refractivity contribution in [3.8, 4) is 5.75 Å². The summed E-state index contributed by atoms with van der Waals surface area (Å²) in [5.74, 6) is -0.269. The normalized spacial score (nSPS) is 12.0. The number of primary amides is 1. The summed E-state index contributed by atoms with van der Waals surface area (Å²) in [6.45, 7) is 7.32. The van der Waals surface area contributed by atoms with Gasteiger partial charge < -0.3 is 14.9 Å². The number of nitrogens with two attached hydrogens (primary N) is 1. The highest BCUT2D eigenvalue weighted by Crippen LogP contribution is 2.36. The molecule has 2 aromatic carbocycles. The molecule has 1 aromatic heterocycles. The van der Waals surface area contributed by atoms with E-state index in [0.717, 1.165) is 0 Å². The quantitative estimate of drug-likeness (QED) is 0.442. The number of nitrogens with one attached hydrogen (secondary N) is 1. The zero-order chi connectivity index (χ0) is 20.9. The summed E-state index contributed by atoms with van der Waals surface area (Å²) in [4.78, 5) is 11.4. The number of rotatable bonds is 8. The minimum Gasteiger partial charge on any atom is -0.487 e. The van der Waals surface area contributed by atoms with Crippen LogP contribution in [0.15, 0.2) is 66.9 Å². The number of amides is 1. The minimum atomic E-state index is -2.60. The van der Waals surface area contributed by atoms with Crippen molar-refractivity contribution in [1.82, 2.24) is 10.2 Å². The summed E-state index contributed by atoms with van der Waals surface area (Å²) in [5, 5.41) is 8.69. The molecule has 7 heteroatoms. The Bertz CT molecular complexity index is 897. The number of benzene rings is 2. The zero-order valence-electron chi connectivity index (χ0n) is 17.0. The Morgan fingerprint density at radius 1 is 1.00 bits per heavy atom. The molecule has 0 fully saturated rings. The van der Waals surface area contributed by atoms with E-state index in [4.69, 9.17) is 14.9 Å². The first kappa shape index (κ1) is 20.8. The second kappa shape index (κ2) is 8.63. The Labute approximate surface area is 172 Å². The fraction of sp³-hybridized carbons (Fsp3) is 0.273. The second-order valence-corrected chi connectivity index (χ2v) is 12.1. The van der Waals surface area contributed by atoms with Crippen molar-refractivity contribution in [2.24, 2.45) is 5.73 Å². The molecule has 6 nitrogen and oxygen atoms in total. The second-order valence-electron chi connectivity index (χ2n) is 7.83. The van der Waals surface area contributed by atoms with Crippen LogP contribution < -0.4 is 20.8 Å². The van der Waals surface area contributed by atoms with E-state index < -0.39 is 14.2 Å². The van der Waals surface area contributed by atoms with Gasteiger partial charge in [-0.25, -0.2) is 0 Å². The van der Waals surface area contributed by atoms with Gasteiger partial charge in [0.25, 0.3) is 14.2 Å². The predicted octanol–water partition coefficient (Wildman–Crippen LogP) is 2.46. The number of ether oxygens (including phenoxy) is 1. The van der Waals surface area contributed by atoms with E-state index in [1.807, 2.05) is 12.1 Å². The van der Waals surface area contributed by atoms with Gasteiger partial charge in [0.15, 0.2) is 11.4 Å². The van der Waals surface area contributed by atoms with Crippen molar-refractivity contribution >= 4 is 24.6 Å². The number of hydrogen-bond acceptors (Lipinski definition) is 4. The van der Waals surface area contributed by atoms with E-state index in [9.17, 15) is 4.79 Å². The molecule has 0 saturated heterocycles. The maximum Gasteiger partial charge on any atom is 0.270 e. The topological polar surface area (TPSA) is 90.2 Å². The van der Waals surface area contributed by atoms with Crippen LogP contribution in [0.25, 0.3) is 0 Å². The summed E-state index contributed by atoms with van der Waals surface area (Å²) in [6, 6.07) is 20.8. The summed E-state index contributed by atoms with van der Waals surface area (Å²) >= 11 is 0. The molecule has 29 heavy (non-hydrogen) atoms. The largest absolute Gasteiger partial charge is 0.487 e. The first-order valence-corrected chi connectivity index (χ1v) is 11.5.